The van der Waals surface area contributed by atoms with Gasteiger partial charge in [0.15, 0.2) is 11.5 Å². The van der Waals surface area contributed by atoms with Crippen LogP contribution in [0.3, 0.4) is 0 Å². The molecule has 0 amide bonds. The quantitative estimate of drug-likeness (QED) is 0.712. The van der Waals surface area contributed by atoms with Crippen molar-refractivity contribution in [3.8, 4) is 11.5 Å². The zero-order valence-electron chi connectivity index (χ0n) is 16.6. The van der Waals surface area contributed by atoms with Crippen LogP contribution in [0.2, 0.25) is 0 Å². The fourth-order valence-electron chi connectivity index (χ4n) is 5.71. The Labute approximate surface area is 159 Å². The molecule has 2 atom stereocenters. The molecular weight excluding hydrogens is 322 g/mol. The first-order chi connectivity index (χ1) is 12.7. The van der Waals surface area contributed by atoms with E-state index in [9.17, 15) is 0 Å². The van der Waals surface area contributed by atoms with Crippen molar-refractivity contribution in [1.82, 2.24) is 4.90 Å². The molecule has 4 rings (SSSR count). The Balaban J connectivity index is 1.65. The van der Waals surface area contributed by atoms with Gasteiger partial charge in [-0.1, -0.05) is 25.3 Å². The van der Waals surface area contributed by atoms with Crippen molar-refractivity contribution in [3.05, 3.63) is 23.8 Å². The first kappa shape index (κ1) is 18.2. The maximum absolute atomic E-state index is 6.50. The highest BCUT2D eigenvalue weighted by Gasteiger charge is 2.48. The predicted molar refractivity (Wildman–Crippen MR) is 106 cm³/mol. The standard InChI is InChI=1S/C23H35NO2/c1-3-25-20-13-12-18(17-21(20)26-19-9-5-4-6-10-19)23-14-8-7-11-22(23)24(2)16-15-23/h12-13,17,19,22H,3-11,14-16H2,1-2H3/t22-,23-/m0/s1. The molecule has 3 heteroatoms. The number of hydrogen-bond acceptors (Lipinski definition) is 3. The molecule has 0 spiro atoms. The lowest BCUT2D eigenvalue weighted by atomic mass is 9.66. The van der Waals surface area contributed by atoms with E-state index in [0.717, 1.165) is 11.5 Å². The Morgan fingerprint density at radius 3 is 2.62 bits per heavy atom. The van der Waals surface area contributed by atoms with Crippen LogP contribution in [0.4, 0.5) is 0 Å². The van der Waals surface area contributed by atoms with E-state index in [2.05, 4.69) is 37.1 Å². The van der Waals surface area contributed by atoms with E-state index in [-0.39, 0.29) is 0 Å². The summed E-state index contributed by atoms with van der Waals surface area (Å²) in [7, 11) is 2.31. The maximum atomic E-state index is 6.50. The number of likely N-dealkylation sites (tertiary alicyclic amines) is 1. The summed E-state index contributed by atoms with van der Waals surface area (Å²) >= 11 is 0. The fourth-order valence-corrected chi connectivity index (χ4v) is 5.71. The smallest absolute Gasteiger partial charge is 0.161 e. The summed E-state index contributed by atoms with van der Waals surface area (Å²) in [5.74, 6) is 1.92. The number of fused-ring (bicyclic) bond motifs is 1. The Morgan fingerprint density at radius 1 is 1.00 bits per heavy atom. The van der Waals surface area contributed by atoms with Crippen molar-refractivity contribution >= 4 is 0 Å². The Kier molecular flexibility index (Phi) is 5.45. The Morgan fingerprint density at radius 2 is 1.81 bits per heavy atom. The van der Waals surface area contributed by atoms with Crippen molar-refractivity contribution in [2.45, 2.75) is 88.7 Å². The third-order valence-electron chi connectivity index (χ3n) is 7.10. The lowest BCUT2D eigenvalue weighted by Crippen LogP contribution is -2.43. The molecule has 0 aromatic heterocycles. The van der Waals surface area contributed by atoms with Gasteiger partial charge in [-0.25, -0.2) is 0 Å². The van der Waals surface area contributed by atoms with Gasteiger partial charge >= 0.3 is 0 Å². The van der Waals surface area contributed by atoms with Gasteiger partial charge in [0.1, 0.15) is 0 Å². The predicted octanol–water partition coefficient (Wildman–Crippen LogP) is 5.31. The van der Waals surface area contributed by atoms with Crippen molar-refractivity contribution in [1.29, 1.82) is 0 Å². The summed E-state index contributed by atoms with van der Waals surface area (Å²) in [6, 6.07) is 7.54. The van der Waals surface area contributed by atoms with Crippen molar-refractivity contribution in [3.63, 3.8) is 0 Å². The van der Waals surface area contributed by atoms with Gasteiger partial charge in [-0.2, -0.15) is 0 Å². The molecule has 3 fully saturated rings. The molecule has 26 heavy (non-hydrogen) atoms. The van der Waals surface area contributed by atoms with Crippen molar-refractivity contribution < 1.29 is 9.47 Å². The monoisotopic (exact) mass is 357 g/mol. The number of benzene rings is 1. The Bertz CT molecular complexity index is 606. The number of likely N-dealkylation sites (N-methyl/N-ethyl adjacent to an activating group) is 1. The second kappa shape index (κ2) is 7.80. The molecule has 1 heterocycles. The van der Waals surface area contributed by atoms with Gasteiger partial charge in [0.05, 0.1) is 12.7 Å². The van der Waals surface area contributed by atoms with Crippen LogP contribution >= 0.6 is 0 Å². The lowest BCUT2D eigenvalue weighted by molar-refractivity contribution is 0.146. The molecule has 1 aromatic carbocycles. The molecule has 3 aliphatic rings. The van der Waals surface area contributed by atoms with E-state index in [1.807, 2.05) is 0 Å². The second-order valence-electron chi connectivity index (χ2n) is 8.62. The summed E-state index contributed by atoms with van der Waals surface area (Å²) in [6.07, 6.45) is 13.4. The minimum absolute atomic E-state index is 0.322. The molecule has 3 nitrogen and oxygen atoms in total. The molecule has 144 valence electrons. The van der Waals surface area contributed by atoms with E-state index in [4.69, 9.17) is 9.47 Å². The van der Waals surface area contributed by atoms with Crippen LogP contribution in [0.5, 0.6) is 11.5 Å². The molecule has 1 aliphatic heterocycles. The van der Waals surface area contributed by atoms with Crippen LogP contribution in [-0.2, 0) is 5.41 Å². The minimum Gasteiger partial charge on any atom is -0.490 e. The summed E-state index contributed by atoms with van der Waals surface area (Å²) < 4.78 is 12.4. The van der Waals surface area contributed by atoms with Crippen LogP contribution in [0.1, 0.15) is 76.7 Å². The van der Waals surface area contributed by atoms with Crippen molar-refractivity contribution in [2.24, 2.45) is 0 Å². The van der Waals surface area contributed by atoms with E-state index in [1.165, 1.54) is 76.3 Å². The molecule has 0 bridgehead atoms. The van der Waals surface area contributed by atoms with Gasteiger partial charge in [0, 0.05) is 11.5 Å². The van der Waals surface area contributed by atoms with Crippen LogP contribution in [0.25, 0.3) is 0 Å². The minimum atomic E-state index is 0.322. The molecule has 1 saturated heterocycles. The topological polar surface area (TPSA) is 21.7 Å². The Hall–Kier alpha value is -1.22. The molecule has 2 saturated carbocycles. The number of nitrogens with zero attached hydrogens (tertiary/aromatic N) is 1. The summed E-state index contributed by atoms with van der Waals surface area (Å²) in [6.45, 7) is 3.97. The van der Waals surface area contributed by atoms with Crippen LogP contribution < -0.4 is 9.47 Å². The first-order valence-electron chi connectivity index (χ1n) is 10.9. The molecule has 2 aliphatic carbocycles. The largest absolute Gasteiger partial charge is 0.490 e. The number of ether oxygens (including phenoxy) is 2. The van der Waals surface area contributed by atoms with E-state index < -0.39 is 0 Å². The normalized spacial score (nSPS) is 30.2. The maximum Gasteiger partial charge on any atom is 0.161 e. The molecule has 0 unspecified atom stereocenters. The zero-order chi connectivity index (χ0) is 18.0. The van der Waals surface area contributed by atoms with Gasteiger partial charge < -0.3 is 14.4 Å². The first-order valence-corrected chi connectivity index (χ1v) is 10.9. The highest BCUT2D eigenvalue weighted by Crippen LogP contribution is 2.50. The van der Waals surface area contributed by atoms with Gasteiger partial charge in [0.2, 0.25) is 0 Å². The van der Waals surface area contributed by atoms with Crippen LogP contribution in [-0.4, -0.2) is 37.2 Å². The number of hydrogen-bond donors (Lipinski definition) is 0. The third-order valence-corrected chi connectivity index (χ3v) is 7.10. The second-order valence-corrected chi connectivity index (χ2v) is 8.62. The van der Waals surface area contributed by atoms with Gasteiger partial charge in [-0.3, -0.25) is 0 Å². The summed E-state index contributed by atoms with van der Waals surface area (Å²) in [4.78, 5) is 2.59. The summed E-state index contributed by atoms with van der Waals surface area (Å²) in [5, 5.41) is 0. The van der Waals surface area contributed by atoms with Crippen LogP contribution in [0, 0.1) is 0 Å². The fraction of sp³-hybridized carbons (Fsp3) is 0.739. The molecule has 1 aromatic rings. The molecule has 0 radical (unpaired) electrons. The van der Waals surface area contributed by atoms with Crippen LogP contribution in [0.15, 0.2) is 18.2 Å². The van der Waals surface area contributed by atoms with E-state index in [0.29, 0.717) is 24.2 Å². The average Bonchev–Trinajstić information content (AvgIpc) is 3.02. The zero-order valence-corrected chi connectivity index (χ0v) is 16.6. The van der Waals surface area contributed by atoms with Gasteiger partial charge in [0.25, 0.3) is 0 Å². The van der Waals surface area contributed by atoms with Crippen molar-refractivity contribution in [2.75, 3.05) is 20.2 Å². The highest BCUT2D eigenvalue weighted by molar-refractivity contribution is 5.47. The third kappa shape index (κ3) is 3.35. The van der Waals surface area contributed by atoms with E-state index in [1.54, 1.807) is 0 Å². The van der Waals surface area contributed by atoms with Gasteiger partial charge in [-0.15, -0.1) is 0 Å². The SMILES string of the molecule is CCOc1ccc([C@@]23CCCC[C@@H]2N(C)CC3)cc1OC1CCCCC1. The van der Waals surface area contributed by atoms with Gasteiger partial charge in [-0.05, 0) is 83.2 Å². The van der Waals surface area contributed by atoms with E-state index >= 15 is 0 Å². The lowest BCUT2D eigenvalue weighted by Gasteiger charge is -2.42. The molecular formula is C23H35NO2. The average molecular weight is 358 g/mol. The summed E-state index contributed by atoms with van der Waals surface area (Å²) in [5.41, 5.74) is 1.81. The number of rotatable bonds is 5. The highest BCUT2D eigenvalue weighted by atomic mass is 16.5. The molecule has 0 N–H and O–H groups in total.